The van der Waals surface area contributed by atoms with Crippen molar-refractivity contribution in [3.8, 4) is 17.0 Å². The van der Waals surface area contributed by atoms with Crippen molar-refractivity contribution in [3.05, 3.63) is 35.4 Å². The molecule has 30 heavy (non-hydrogen) atoms. The second-order valence-electron chi connectivity index (χ2n) is 7.53. The molecule has 5 rings (SSSR count). The van der Waals surface area contributed by atoms with Gasteiger partial charge in [-0.2, -0.15) is 18.2 Å². The molecule has 2 aromatic heterocycles. The van der Waals surface area contributed by atoms with Crippen LogP contribution in [0.15, 0.2) is 28.7 Å². The molecule has 2 aliphatic rings. The highest BCUT2D eigenvalue weighted by atomic mass is 19.4. The summed E-state index contributed by atoms with van der Waals surface area (Å²) >= 11 is 0. The lowest BCUT2D eigenvalue weighted by Crippen LogP contribution is -2.51. The van der Waals surface area contributed by atoms with E-state index in [0.29, 0.717) is 42.2 Å². The van der Waals surface area contributed by atoms with E-state index in [4.69, 9.17) is 9.15 Å². The molecule has 7 nitrogen and oxygen atoms in total. The molecule has 3 aromatic rings. The number of aryl methyl sites for hydroxylation is 1. The molecule has 1 aromatic carbocycles. The molecular formula is C20H19F3N4O3. The molecule has 2 fully saturated rings. The second-order valence-corrected chi connectivity index (χ2v) is 7.53. The van der Waals surface area contributed by atoms with Crippen molar-refractivity contribution in [1.29, 1.82) is 0 Å². The Hall–Kier alpha value is -2.85. The number of oxazole rings is 1. The maximum Gasteiger partial charge on any atom is 0.416 e. The Labute approximate surface area is 169 Å². The number of nitrogens with one attached hydrogen (secondary N) is 1. The van der Waals surface area contributed by atoms with Crippen molar-refractivity contribution in [1.82, 2.24) is 15.3 Å². The fraction of sp³-hybridized carbons (Fsp3) is 0.400. The topological polar surface area (TPSA) is 83.7 Å². The van der Waals surface area contributed by atoms with Crippen molar-refractivity contribution in [2.75, 3.05) is 31.1 Å². The lowest BCUT2D eigenvalue weighted by Gasteiger charge is -2.35. The highest BCUT2D eigenvalue weighted by Crippen LogP contribution is 2.39. The molecule has 0 amide bonds. The molecule has 0 saturated carbocycles. The van der Waals surface area contributed by atoms with Crippen molar-refractivity contribution in [3.63, 3.8) is 0 Å². The molecule has 0 bridgehead atoms. The van der Waals surface area contributed by atoms with E-state index in [2.05, 4.69) is 20.2 Å². The van der Waals surface area contributed by atoms with E-state index in [1.54, 1.807) is 12.1 Å². The lowest BCUT2D eigenvalue weighted by atomic mass is 10.0. The summed E-state index contributed by atoms with van der Waals surface area (Å²) in [6.45, 7) is 4.25. The van der Waals surface area contributed by atoms with Crippen LogP contribution in [0.5, 0.6) is 5.75 Å². The summed E-state index contributed by atoms with van der Waals surface area (Å²) in [4.78, 5) is 11.0. The summed E-state index contributed by atoms with van der Waals surface area (Å²) in [5, 5.41) is 13.6. The summed E-state index contributed by atoms with van der Waals surface area (Å²) in [6.07, 6.45) is -4.46. The zero-order valence-electron chi connectivity index (χ0n) is 16.0. The number of halogens is 3. The van der Waals surface area contributed by atoms with Gasteiger partial charge in [-0.3, -0.25) is 0 Å². The molecular weight excluding hydrogens is 401 g/mol. The Morgan fingerprint density at radius 2 is 2.03 bits per heavy atom. The first kappa shape index (κ1) is 19.1. The highest BCUT2D eigenvalue weighted by Gasteiger charge is 2.38. The van der Waals surface area contributed by atoms with Gasteiger partial charge < -0.3 is 24.5 Å². The lowest BCUT2D eigenvalue weighted by molar-refractivity contribution is -0.137. The highest BCUT2D eigenvalue weighted by molar-refractivity contribution is 5.78. The number of anilines is 1. The molecule has 10 heteroatoms. The second kappa shape index (κ2) is 6.85. The number of ether oxygens (including phenoxy) is 1. The molecule has 2 saturated heterocycles. The largest absolute Gasteiger partial charge is 0.507 e. The summed E-state index contributed by atoms with van der Waals surface area (Å²) < 4.78 is 50.6. The number of alkyl halides is 3. The third kappa shape index (κ3) is 3.16. The van der Waals surface area contributed by atoms with Crippen LogP contribution in [0.25, 0.3) is 22.5 Å². The number of phenolic OH excluding ortho intramolecular Hbond substituents is 1. The van der Waals surface area contributed by atoms with Crippen molar-refractivity contribution in [2.45, 2.75) is 25.2 Å². The van der Waals surface area contributed by atoms with E-state index in [0.717, 1.165) is 19.2 Å². The number of fused-ring (bicyclic) bond motifs is 2. The first-order chi connectivity index (χ1) is 14.3. The number of rotatable bonds is 2. The Kier molecular flexibility index (Phi) is 4.37. The molecule has 0 spiro atoms. The summed E-state index contributed by atoms with van der Waals surface area (Å²) in [5.74, 6) is -0.481. The Morgan fingerprint density at radius 1 is 1.20 bits per heavy atom. The van der Waals surface area contributed by atoms with Crippen LogP contribution in [0.2, 0.25) is 0 Å². The van der Waals surface area contributed by atoms with Crippen LogP contribution in [0.1, 0.15) is 11.1 Å². The van der Waals surface area contributed by atoms with Crippen LogP contribution in [0.3, 0.4) is 0 Å². The van der Waals surface area contributed by atoms with Gasteiger partial charge in [-0.25, -0.2) is 4.98 Å². The maximum absolute atomic E-state index is 13.0. The van der Waals surface area contributed by atoms with E-state index in [1.807, 2.05) is 0 Å². The fourth-order valence-corrected chi connectivity index (χ4v) is 4.16. The van der Waals surface area contributed by atoms with Gasteiger partial charge in [-0.05, 0) is 36.8 Å². The summed E-state index contributed by atoms with van der Waals surface area (Å²) in [5.41, 5.74) is 0.723. The maximum atomic E-state index is 13.0. The van der Waals surface area contributed by atoms with E-state index < -0.39 is 17.5 Å². The van der Waals surface area contributed by atoms with Crippen LogP contribution >= 0.6 is 0 Å². The molecule has 2 N–H and O–H groups in total. The Morgan fingerprint density at radius 3 is 2.80 bits per heavy atom. The molecule has 4 heterocycles. The van der Waals surface area contributed by atoms with Crippen molar-refractivity contribution < 1.29 is 27.4 Å². The van der Waals surface area contributed by atoms with Crippen molar-refractivity contribution >= 4 is 17.2 Å². The average molecular weight is 420 g/mol. The van der Waals surface area contributed by atoms with E-state index in [-0.39, 0.29) is 23.3 Å². The van der Waals surface area contributed by atoms with E-state index >= 15 is 0 Å². The molecule has 158 valence electrons. The first-order valence-electron chi connectivity index (χ1n) is 9.59. The molecule has 0 unspecified atom stereocenters. The van der Waals surface area contributed by atoms with Gasteiger partial charge in [0.05, 0.1) is 30.0 Å². The van der Waals surface area contributed by atoms with Gasteiger partial charge in [0.1, 0.15) is 5.75 Å². The third-order valence-electron chi connectivity index (χ3n) is 5.58. The molecule has 0 radical (unpaired) electrons. The third-order valence-corrected chi connectivity index (χ3v) is 5.58. The smallest absolute Gasteiger partial charge is 0.416 e. The van der Waals surface area contributed by atoms with Crippen LogP contribution in [0.4, 0.5) is 19.2 Å². The fourth-order valence-electron chi connectivity index (χ4n) is 4.16. The van der Waals surface area contributed by atoms with E-state index in [9.17, 15) is 18.3 Å². The SMILES string of the molecule is Cc1cc(C(F)(F)F)cc(O)c1-c1ccc2oc(N3CCO[C@H]4CNC[C@@H]43)nc2n1. The molecule has 0 aliphatic carbocycles. The monoisotopic (exact) mass is 420 g/mol. The normalized spacial score (nSPS) is 21.9. The number of aromatic nitrogens is 2. The summed E-state index contributed by atoms with van der Waals surface area (Å²) in [7, 11) is 0. The number of nitrogens with zero attached hydrogens (tertiary/aromatic N) is 3. The van der Waals surface area contributed by atoms with Gasteiger partial charge in [0.15, 0.2) is 5.58 Å². The van der Waals surface area contributed by atoms with Gasteiger partial charge in [-0.1, -0.05) is 0 Å². The number of hydrogen-bond donors (Lipinski definition) is 2. The number of hydrogen-bond acceptors (Lipinski definition) is 7. The predicted octanol–water partition coefficient (Wildman–Crippen LogP) is 3.10. The number of benzene rings is 1. The van der Waals surface area contributed by atoms with E-state index in [1.165, 1.54) is 6.92 Å². The van der Waals surface area contributed by atoms with Crippen LogP contribution in [-0.2, 0) is 10.9 Å². The summed E-state index contributed by atoms with van der Waals surface area (Å²) in [6, 6.07) is 5.53. The zero-order chi connectivity index (χ0) is 21.0. The number of morpholine rings is 1. The Bertz CT molecular complexity index is 1090. The molecule has 2 atom stereocenters. The minimum Gasteiger partial charge on any atom is -0.507 e. The van der Waals surface area contributed by atoms with Crippen LogP contribution in [-0.4, -0.2) is 53.5 Å². The minimum absolute atomic E-state index is 0.0732. The van der Waals surface area contributed by atoms with Gasteiger partial charge >= 0.3 is 6.18 Å². The van der Waals surface area contributed by atoms with Crippen molar-refractivity contribution in [2.24, 2.45) is 0 Å². The van der Waals surface area contributed by atoms with Gasteiger partial charge in [0.2, 0.25) is 5.65 Å². The van der Waals surface area contributed by atoms with Gasteiger partial charge in [-0.15, -0.1) is 0 Å². The van der Waals surface area contributed by atoms with Crippen LogP contribution < -0.4 is 10.2 Å². The standard InChI is InChI=1S/C20H19F3N4O3/c1-10-6-11(20(21,22)23)7-14(28)17(10)12-2-3-15-18(25-12)26-19(30-15)27-4-5-29-16-9-24-8-13(16)27/h2-3,6-7,13,16,24,28H,4-5,8-9H2,1H3/t13-,16-/m0/s1. The van der Waals surface area contributed by atoms with Crippen LogP contribution in [0, 0.1) is 6.92 Å². The van der Waals surface area contributed by atoms with Gasteiger partial charge in [0, 0.05) is 25.2 Å². The first-order valence-corrected chi connectivity index (χ1v) is 9.59. The number of pyridine rings is 1. The zero-order valence-corrected chi connectivity index (χ0v) is 16.0. The molecule has 2 aliphatic heterocycles. The number of aromatic hydroxyl groups is 1. The predicted molar refractivity (Wildman–Crippen MR) is 102 cm³/mol. The average Bonchev–Trinajstić information content (AvgIpc) is 3.32. The minimum atomic E-state index is -4.54. The number of phenols is 1. The Balaban J connectivity index is 1.52. The quantitative estimate of drug-likeness (QED) is 0.659. The van der Waals surface area contributed by atoms with Gasteiger partial charge in [0.25, 0.3) is 6.01 Å².